The Morgan fingerprint density at radius 3 is 1.80 bits per heavy atom. The van der Waals surface area contributed by atoms with E-state index in [-0.39, 0.29) is 11.7 Å². The fraction of sp³-hybridized carbons (Fsp3) is 0.200. The lowest BCUT2D eigenvalue weighted by molar-refractivity contribution is -0.139. The molecular formula is C5H10NO4+. The topological polar surface area (TPSA) is 111 Å². The van der Waals surface area contributed by atoms with Crippen molar-refractivity contribution >= 4 is 11.9 Å². The highest BCUT2D eigenvalue weighted by molar-refractivity contribution is 5.91. The summed E-state index contributed by atoms with van der Waals surface area (Å²) in [6.45, 7) is 3.01. The third kappa shape index (κ3) is 4.79. The van der Waals surface area contributed by atoms with Gasteiger partial charge in [-0.3, -0.25) is 4.79 Å². The predicted molar refractivity (Wildman–Crippen MR) is 35.0 cm³/mol. The van der Waals surface area contributed by atoms with E-state index in [1.54, 1.807) is 0 Å². The van der Waals surface area contributed by atoms with E-state index in [0.29, 0.717) is 0 Å². The van der Waals surface area contributed by atoms with Crippen LogP contribution >= 0.6 is 0 Å². The van der Waals surface area contributed by atoms with Crippen molar-refractivity contribution in [1.29, 1.82) is 0 Å². The molecule has 0 fully saturated rings. The molecule has 0 atom stereocenters. The summed E-state index contributed by atoms with van der Waals surface area (Å²) in [4.78, 5) is 19.7. The largest absolute Gasteiger partial charge is 0.481 e. The third-order valence-corrected chi connectivity index (χ3v) is 0.667. The highest BCUT2D eigenvalue weighted by Crippen LogP contribution is 1.95. The van der Waals surface area contributed by atoms with Crippen molar-refractivity contribution < 1.29 is 19.8 Å². The molecule has 0 aliphatic carbocycles. The van der Waals surface area contributed by atoms with Crippen molar-refractivity contribution in [3.05, 3.63) is 12.2 Å². The molecule has 0 amide bonds. The molecule has 0 aliphatic heterocycles. The summed E-state index contributed by atoms with van der Waals surface area (Å²) in [5, 5.41) is 16.1. The van der Waals surface area contributed by atoms with E-state index in [1.807, 2.05) is 0 Å². The molecule has 0 spiro atoms. The van der Waals surface area contributed by atoms with Crippen molar-refractivity contribution in [2.24, 2.45) is 0 Å². The summed E-state index contributed by atoms with van der Waals surface area (Å²) in [5.74, 6) is -2.44. The van der Waals surface area contributed by atoms with E-state index in [0.717, 1.165) is 0 Å². The Morgan fingerprint density at radius 2 is 1.70 bits per heavy atom. The van der Waals surface area contributed by atoms with Gasteiger partial charge in [-0.2, -0.15) is 0 Å². The average Bonchev–Trinajstić information content (AvgIpc) is 1.63. The molecule has 0 aromatic rings. The molecule has 58 valence electrons. The van der Waals surface area contributed by atoms with Gasteiger partial charge in [0.15, 0.2) is 0 Å². The number of rotatable bonds is 3. The normalized spacial score (nSPS) is 7.60. The van der Waals surface area contributed by atoms with Gasteiger partial charge in [0.25, 0.3) is 0 Å². The van der Waals surface area contributed by atoms with E-state index in [9.17, 15) is 9.59 Å². The average molecular weight is 148 g/mol. The first-order valence-corrected chi connectivity index (χ1v) is 2.17. The first-order chi connectivity index (χ1) is 4.04. The number of hydrogen-bond acceptors (Lipinski definition) is 2. The van der Waals surface area contributed by atoms with Gasteiger partial charge in [0.1, 0.15) is 0 Å². The minimum atomic E-state index is -1.27. The van der Waals surface area contributed by atoms with Gasteiger partial charge in [-0.15, -0.1) is 0 Å². The van der Waals surface area contributed by atoms with Gasteiger partial charge >= 0.3 is 11.9 Å². The zero-order valence-corrected chi connectivity index (χ0v) is 5.63. The summed E-state index contributed by atoms with van der Waals surface area (Å²) in [6, 6.07) is 0. The zero-order valence-electron chi connectivity index (χ0n) is 5.63. The SMILES string of the molecule is C=C(CC(=O)O)C(=O)O.[NH4+]. The lowest BCUT2D eigenvalue weighted by Gasteiger charge is -1.91. The van der Waals surface area contributed by atoms with Crippen LogP contribution in [-0.2, 0) is 9.59 Å². The fourth-order valence-corrected chi connectivity index (χ4v) is 0.258. The summed E-state index contributed by atoms with van der Waals surface area (Å²) < 4.78 is 0. The second kappa shape index (κ2) is 4.51. The molecule has 6 N–H and O–H groups in total. The number of quaternary nitrogens is 1. The Bertz CT molecular complexity index is 163. The van der Waals surface area contributed by atoms with Crippen LogP contribution in [0.1, 0.15) is 6.42 Å². The van der Waals surface area contributed by atoms with E-state index in [2.05, 4.69) is 6.58 Å². The number of carbonyl (C=O) groups is 2. The molecule has 0 bridgehead atoms. The highest BCUT2D eigenvalue weighted by Gasteiger charge is 2.07. The molecule has 5 heteroatoms. The van der Waals surface area contributed by atoms with Crippen molar-refractivity contribution in [3.63, 3.8) is 0 Å². The molecule has 0 saturated carbocycles. The van der Waals surface area contributed by atoms with Gasteiger partial charge in [0, 0.05) is 5.57 Å². The Labute approximate surface area is 57.6 Å². The van der Waals surface area contributed by atoms with Crippen LogP contribution in [0.15, 0.2) is 12.2 Å². The zero-order chi connectivity index (χ0) is 7.44. The van der Waals surface area contributed by atoms with Crippen molar-refractivity contribution in [2.75, 3.05) is 0 Å². The van der Waals surface area contributed by atoms with Gasteiger partial charge in [0.05, 0.1) is 6.42 Å². The van der Waals surface area contributed by atoms with Gasteiger partial charge < -0.3 is 16.4 Å². The summed E-state index contributed by atoms with van der Waals surface area (Å²) in [6.07, 6.45) is -0.505. The monoisotopic (exact) mass is 148 g/mol. The number of aliphatic carboxylic acids is 2. The maximum Gasteiger partial charge on any atom is 0.331 e. The van der Waals surface area contributed by atoms with Crippen molar-refractivity contribution in [2.45, 2.75) is 6.42 Å². The summed E-state index contributed by atoms with van der Waals surface area (Å²) in [7, 11) is 0. The second-order valence-corrected chi connectivity index (χ2v) is 1.48. The Hall–Kier alpha value is -1.36. The molecule has 5 nitrogen and oxygen atoms in total. The molecule has 0 rings (SSSR count). The molecule has 0 heterocycles. The van der Waals surface area contributed by atoms with E-state index in [1.165, 1.54) is 0 Å². The first kappa shape index (κ1) is 11.4. The fourth-order valence-electron chi connectivity index (χ4n) is 0.258. The first-order valence-electron chi connectivity index (χ1n) is 2.17. The quantitative estimate of drug-likeness (QED) is 0.505. The Balaban J connectivity index is 0. The number of hydrogen-bond donors (Lipinski definition) is 3. The molecule has 0 saturated heterocycles. The van der Waals surface area contributed by atoms with Crippen LogP contribution in [0.3, 0.4) is 0 Å². The van der Waals surface area contributed by atoms with E-state index >= 15 is 0 Å². The van der Waals surface area contributed by atoms with Crippen LogP contribution in [0.25, 0.3) is 0 Å². The maximum absolute atomic E-state index is 9.87. The van der Waals surface area contributed by atoms with Crippen LogP contribution < -0.4 is 6.15 Å². The summed E-state index contributed by atoms with van der Waals surface area (Å²) >= 11 is 0. The molecular weight excluding hydrogens is 138 g/mol. The standard InChI is InChI=1S/C5H6O4.H3N/c1-3(5(8)9)2-4(6)7;/h1-2H2,(H,6,7)(H,8,9);1H3/p+1. The number of carboxylic acids is 2. The molecule has 0 aliphatic rings. The van der Waals surface area contributed by atoms with Crippen LogP contribution in [0.5, 0.6) is 0 Å². The van der Waals surface area contributed by atoms with Gasteiger partial charge in [0.2, 0.25) is 0 Å². The van der Waals surface area contributed by atoms with Crippen molar-refractivity contribution in [3.8, 4) is 0 Å². The van der Waals surface area contributed by atoms with Gasteiger partial charge in [-0.1, -0.05) is 6.58 Å². The van der Waals surface area contributed by atoms with Crippen LogP contribution in [-0.4, -0.2) is 22.2 Å². The number of carboxylic acid groups (broad SMARTS) is 2. The maximum atomic E-state index is 9.87. The highest BCUT2D eigenvalue weighted by atomic mass is 16.4. The molecule has 0 aromatic carbocycles. The minimum Gasteiger partial charge on any atom is -0.481 e. The van der Waals surface area contributed by atoms with Crippen LogP contribution in [0.4, 0.5) is 0 Å². The summed E-state index contributed by atoms with van der Waals surface area (Å²) in [5.41, 5.74) is -0.303. The molecule has 0 unspecified atom stereocenters. The van der Waals surface area contributed by atoms with E-state index in [4.69, 9.17) is 10.2 Å². The Kier molecular flexibility index (Phi) is 5.16. The van der Waals surface area contributed by atoms with Gasteiger partial charge in [-0.25, -0.2) is 4.79 Å². The molecule has 0 radical (unpaired) electrons. The lowest BCUT2D eigenvalue weighted by atomic mass is 10.2. The second-order valence-electron chi connectivity index (χ2n) is 1.48. The smallest absolute Gasteiger partial charge is 0.331 e. The van der Waals surface area contributed by atoms with Crippen molar-refractivity contribution in [1.82, 2.24) is 6.15 Å². The predicted octanol–water partition coefficient (Wildman–Crippen LogP) is 0.478. The van der Waals surface area contributed by atoms with Crippen LogP contribution in [0, 0.1) is 0 Å². The Morgan fingerprint density at radius 1 is 1.30 bits per heavy atom. The third-order valence-electron chi connectivity index (χ3n) is 0.667. The van der Waals surface area contributed by atoms with Gasteiger partial charge in [-0.05, 0) is 0 Å². The lowest BCUT2D eigenvalue weighted by Crippen LogP contribution is -2.04. The van der Waals surface area contributed by atoms with Crippen LogP contribution in [0.2, 0.25) is 0 Å². The minimum absolute atomic E-state index is 0. The van der Waals surface area contributed by atoms with E-state index < -0.39 is 18.4 Å². The molecule has 0 aromatic heterocycles. The molecule has 10 heavy (non-hydrogen) atoms.